The van der Waals surface area contributed by atoms with Gasteiger partial charge >= 0.3 is 0 Å². The Morgan fingerprint density at radius 2 is 1.77 bits per heavy atom. The molecule has 0 radical (unpaired) electrons. The molecule has 164 valence electrons. The lowest BCUT2D eigenvalue weighted by Crippen LogP contribution is -2.50. The third kappa shape index (κ3) is 4.49. The van der Waals surface area contributed by atoms with E-state index in [4.69, 9.17) is 27.4 Å². The molecule has 3 N–H and O–H groups in total. The van der Waals surface area contributed by atoms with E-state index in [1.54, 1.807) is 29.2 Å². The average molecular weight is 463 g/mol. The molecular formula is C20H22N4O5S2. The molecule has 9 nitrogen and oxygen atoms in total. The summed E-state index contributed by atoms with van der Waals surface area (Å²) in [6.07, 6.45) is -0.837. The van der Waals surface area contributed by atoms with Gasteiger partial charge in [-0.05, 0) is 48.6 Å². The molecule has 0 aromatic heterocycles. The molecule has 2 aliphatic heterocycles. The van der Waals surface area contributed by atoms with Crippen molar-refractivity contribution in [3.05, 3.63) is 48.5 Å². The second-order valence-electron chi connectivity index (χ2n) is 7.06. The van der Waals surface area contributed by atoms with Crippen molar-refractivity contribution in [2.24, 2.45) is 5.73 Å². The van der Waals surface area contributed by atoms with Gasteiger partial charge in [0.05, 0.1) is 30.3 Å². The number of carbonyl (C=O) groups excluding carboxylic acids is 1. The van der Waals surface area contributed by atoms with Crippen molar-refractivity contribution in [3.8, 4) is 5.75 Å². The van der Waals surface area contributed by atoms with Crippen molar-refractivity contribution >= 4 is 44.6 Å². The third-order valence-electron chi connectivity index (χ3n) is 5.05. The molecule has 4 rings (SSSR count). The Balaban J connectivity index is 1.50. The molecule has 2 aromatic rings. The number of hydrogen-bond acceptors (Lipinski definition) is 6. The Morgan fingerprint density at radius 1 is 1.10 bits per heavy atom. The number of rotatable bonds is 4. The number of sulfonamides is 1. The van der Waals surface area contributed by atoms with Gasteiger partial charge in [0.25, 0.3) is 5.91 Å². The Labute approximate surface area is 185 Å². The number of primary amides is 1. The largest absolute Gasteiger partial charge is 0.477 e. The van der Waals surface area contributed by atoms with E-state index in [0.29, 0.717) is 48.5 Å². The minimum Gasteiger partial charge on any atom is -0.477 e. The molecule has 11 heteroatoms. The molecule has 2 aliphatic rings. The normalized spacial score (nSPS) is 19.2. The van der Waals surface area contributed by atoms with Gasteiger partial charge in [-0.25, -0.2) is 8.42 Å². The second kappa shape index (κ2) is 8.79. The molecule has 31 heavy (non-hydrogen) atoms. The van der Waals surface area contributed by atoms with Crippen molar-refractivity contribution in [1.29, 1.82) is 0 Å². The van der Waals surface area contributed by atoms with Gasteiger partial charge in [0.2, 0.25) is 10.0 Å². The van der Waals surface area contributed by atoms with Crippen molar-refractivity contribution in [1.82, 2.24) is 4.31 Å². The molecule has 2 aromatic carbocycles. The quantitative estimate of drug-likeness (QED) is 0.651. The van der Waals surface area contributed by atoms with Crippen LogP contribution in [0.3, 0.4) is 0 Å². The number of carbonyl (C=O) groups is 1. The van der Waals surface area contributed by atoms with Crippen molar-refractivity contribution in [2.75, 3.05) is 43.1 Å². The SMILES string of the molecule is NC(=O)C1CN(C(=S)Nc2ccc(S(=O)(=O)N3CCOCC3)cc2)c2ccccc2O1. The summed E-state index contributed by atoms with van der Waals surface area (Å²) in [6, 6.07) is 13.6. The van der Waals surface area contributed by atoms with E-state index in [1.165, 1.54) is 16.4 Å². The fourth-order valence-electron chi connectivity index (χ4n) is 3.41. The van der Waals surface area contributed by atoms with Crippen LogP contribution in [0, 0.1) is 0 Å². The molecule has 0 spiro atoms. The molecule has 2 heterocycles. The van der Waals surface area contributed by atoms with Crippen LogP contribution in [0.1, 0.15) is 0 Å². The Hall–Kier alpha value is -2.73. The van der Waals surface area contributed by atoms with Crippen LogP contribution in [0.4, 0.5) is 11.4 Å². The molecular weight excluding hydrogens is 440 g/mol. The monoisotopic (exact) mass is 462 g/mol. The second-order valence-corrected chi connectivity index (χ2v) is 9.38. The van der Waals surface area contributed by atoms with Crippen molar-refractivity contribution in [3.63, 3.8) is 0 Å². The molecule has 0 aliphatic carbocycles. The number of benzene rings is 2. The fraction of sp³-hybridized carbons (Fsp3) is 0.300. The summed E-state index contributed by atoms with van der Waals surface area (Å²) in [4.78, 5) is 13.6. The van der Waals surface area contributed by atoms with Gasteiger partial charge in [-0.3, -0.25) is 4.79 Å². The number of fused-ring (bicyclic) bond motifs is 1. The highest BCUT2D eigenvalue weighted by atomic mass is 32.2. The van der Waals surface area contributed by atoms with Crippen LogP contribution in [0.25, 0.3) is 0 Å². The lowest BCUT2D eigenvalue weighted by atomic mass is 10.2. The average Bonchev–Trinajstić information content (AvgIpc) is 2.79. The number of thiocarbonyl (C=S) groups is 1. The van der Waals surface area contributed by atoms with Crippen LogP contribution in [-0.4, -0.2) is 62.7 Å². The van der Waals surface area contributed by atoms with Gasteiger partial charge in [0.15, 0.2) is 11.2 Å². The molecule has 1 saturated heterocycles. The first-order chi connectivity index (χ1) is 14.9. The highest BCUT2D eigenvalue weighted by molar-refractivity contribution is 7.89. The number of nitrogens with one attached hydrogen (secondary N) is 1. The zero-order chi connectivity index (χ0) is 22.0. The van der Waals surface area contributed by atoms with Crippen LogP contribution in [0.15, 0.2) is 53.4 Å². The zero-order valence-electron chi connectivity index (χ0n) is 16.6. The summed E-state index contributed by atoms with van der Waals surface area (Å²) in [5, 5.41) is 3.43. The van der Waals surface area contributed by atoms with E-state index in [-0.39, 0.29) is 11.4 Å². The molecule has 1 atom stereocenters. The number of ether oxygens (including phenoxy) is 2. The first kappa shape index (κ1) is 21.5. The maximum absolute atomic E-state index is 12.8. The highest BCUT2D eigenvalue weighted by Gasteiger charge is 2.31. The van der Waals surface area contributed by atoms with Crippen molar-refractivity contribution < 1.29 is 22.7 Å². The van der Waals surface area contributed by atoms with Gasteiger partial charge < -0.3 is 25.4 Å². The number of nitrogens with two attached hydrogens (primary N) is 1. The number of amides is 1. The standard InChI is InChI=1S/C20H22N4O5S2/c21-19(25)18-13-24(16-3-1-2-4-17(16)29-18)20(30)22-14-5-7-15(8-6-14)31(26,27)23-9-11-28-12-10-23/h1-8,18H,9-13H2,(H2,21,25)(H,22,30). The Bertz CT molecular complexity index is 1090. The third-order valence-corrected chi connectivity index (χ3v) is 7.28. The summed E-state index contributed by atoms with van der Waals surface area (Å²) in [5.41, 5.74) is 6.76. The van der Waals surface area contributed by atoms with Gasteiger partial charge in [0.1, 0.15) is 5.75 Å². The van der Waals surface area contributed by atoms with E-state index in [2.05, 4.69) is 5.32 Å². The van der Waals surface area contributed by atoms with E-state index in [9.17, 15) is 13.2 Å². The minimum absolute atomic E-state index is 0.168. The molecule has 1 fully saturated rings. The van der Waals surface area contributed by atoms with Crippen LogP contribution < -0.4 is 20.7 Å². The number of para-hydroxylation sites is 2. The number of morpholine rings is 1. The summed E-state index contributed by atoms with van der Waals surface area (Å²) in [6.45, 7) is 1.62. The molecule has 1 unspecified atom stereocenters. The number of anilines is 2. The van der Waals surface area contributed by atoms with Crippen molar-refractivity contribution in [2.45, 2.75) is 11.0 Å². The first-order valence-electron chi connectivity index (χ1n) is 9.68. The predicted octanol–water partition coefficient (Wildman–Crippen LogP) is 1.16. The van der Waals surface area contributed by atoms with Gasteiger partial charge in [-0.15, -0.1) is 0 Å². The lowest BCUT2D eigenvalue weighted by Gasteiger charge is -2.35. The zero-order valence-corrected chi connectivity index (χ0v) is 18.2. The van der Waals surface area contributed by atoms with E-state index in [1.807, 2.05) is 12.1 Å². The molecule has 0 bridgehead atoms. The van der Waals surface area contributed by atoms with E-state index >= 15 is 0 Å². The van der Waals surface area contributed by atoms with Crippen LogP contribution in [0.2, 0.25) is 0 Å². The lowest BCUT2D eigenvalue weighted by molar-refractivity contribution is -0.124. The molecule has 0 saturated carbocycles. The van der Waals surface area contributed by atoms with Crippen LogP contribution in [0.5, 0.6) is 5.75 Å². The summed E-state index contributed by atoms with van der Waals surface area (Å²) in [5.74, 6) is -0.0753. The predicted molar refractivity (Wildman–Crippen MR) is 120 cm³/mol. The van der Waals surface area contributed by atoms with Crippen LogP contribution >= 0.6 is 12.2 Å². The van der Waals surface area contributed by atoms with E-state index in [0.717, 1.165) is 0 Å². The number of nitrogens with zero attached hydrogens (tertiary/aromatic N) is 2. The first-order valence-corrected chi connectivity index (χ1v) is 11.5. The smallest absolute Gasteiger partial charge is 0.260 e. The van der Waals surface area contributed by atoms with Gasteiger partial charge in [-0.2, -0.15) is 4.31 Å². The Kier molecular flexibility index (Phi) is 6.10. The minimum atomic E-state index is -3.57. The summed E-state index contributed by atoms with van der Waals surface area (Å²) < 4.78 is 37.8. The fourth-order valence-corrected chi connectivity index (χ4v) is 5.11. The Morgan fingerprint density at radius 3 is 2.45 bits per heavy atom. The maximum Gasteiger partial charge on any atom is 0.260 e. The molecule has 1 amide bonds. The maximum atomic E-state index is 12.8. The van der Waals surface area contributed by atoms with E-state index < -0.39 is 22.0 Å². The van der Waals surface area contributed by atoms with Gasteiger partial charge in [0, 0.05) is 18.8 Å². The van der Waals surface area contributed by atoms with Crippen LogP contribution in [-0.2, 0) is 19.6 Å². The number of hydrogen-bond donors (Lipinski definition) is 2. The summed E-state index contributed by atoms with van der Waals surface area (Å²) in [7, 11) is -3.57. The summed E-state index contributed by atoms with van der Waals surface area (Å²) >= 11 is 5.55. The topological polar surface area (TPSA) is 114 Å². The highest BCUT2D eigenvalue weighted by Crippen LogP contribution is 2.33. The van der Waals surface area contributed by atoms with Gasteiger partial charge in [-0.1, -0.05) is 12.1 Å².